The van der Waals surface area contributed by atoms with Crippen molar-refractivity contribution in [3.05, 3.63) is 121 Å². The number of hydrogen-bond acceptors (Lipinski definition) is 4. The van der Waals surface area contributed by atoms with Gasteiger partial charge < -0.3 is 4.90 Å². The molecule has 0 aliphatic rings. The van der Waals surface area contributed by atoms with E-state index in [2.05, 4.69) is 4.90 Å². The van der Waals surface area contributed by atoms with Crippen molar-refractivity contribution in [1.29, 1.82) is 10.5 Å². The normalized spacial score (nSPS) is 11.0. The summed E-state index contributed by atoms with van der Waals surface area (Å²) in [5.41, 5.74) is 2.66. The van der Waals surface area contributed by atoms with Gasteiger partial charge in [-0.3, -0.25) is 0 Å². The van der Waals surface area contributed by atoms with Gasteiger partial charge in [0.15, 0.2) is 12.1 Å². The van der Waals surface area contributed by atoms with Crippen LogP contribution >= 0.6 is 0 Å². The summed E-state index contributed by atoms with van der Waals surface area (Å²) in [6.45, 7) is 0. The maximum absolute atomic E-state index is 13.1. The fraction of sp³-hybridized carbons (Fsp3) is 0.0323. The Labute approximate surface area is 221 Å². The first-order chi connectivity index (χ1) is 18.8. The van der Waals surface area contributed by atoms with Crippen LogP contribution in [0.15, 0.2) is 109 Å². The van der Waals surface area contributed by atoms with E-state index in [9.17, 15) is 28.5 Å². The minimum absolute atomic E-state index is 0.0958. The van der Waals surface area contributed by atoms with Crippen LogP contribution in [0.1, 0.15) is 16.2 Å². The van der Waals surface area contributed by atoms with Gasteiger partial charge in [-0.25, -0.2) is 4.79 Å². The SMILES string of the molecule is N#Cc1cc(-c2ccc3cc(N(c4ccccc4)c4ccccc4)ccc3c2)cc(C#N)[n+]1C(=O)C(F)(F)F. The summed E-state index contributed by atoms with van der Waals surface area (Å²) in [6.07, 6.45) is -5.24. The van der Waals surface area contributed by atoms with E-state index in [-0.39, 0.29) is 4.57 Å². The summed E-state index contributed by atoms with van der Waals surface area (Å²) in [5, 5.41) is 20.7. The second kappa shape index (κ2) is 10.1. The Morgan fingerprint density at radius 3 is 1.67 bits per heavy atom. The molecule has 4 aromatic carbocycles. The predicted molar refractivity (Wildman–Crippen MR) is 140 cm³/mol. The lowest BCUT2D eigenvalue weighted by Gasteiger charge is -2.25. The van der Waals surface area contributed by atoms with Crippen molar-refractivity contribution in [3.8, 4) is 23.3 Å². The zero-order valence-electron chi connectivity index (χ0n) is 20.2. The van der Waals surface area contributed by atoms with E-state index < -0.39 is 23.5 Å². The van der Waals surface area contributed by atoms with Crippen LogP contribution in [0.25, 0.3) is 21.9 Å². The molecule has 0 saturated heterocycles. The van der Waals surface area contributed by atoms with Gasteiger partial charge in [0, 0.05) is 29.2 Å². The molecule has 0 aliphatic heterocycles. The lowest BCUT2D eigenvalue weighted by molar-refractivity contribution is -0.591. The molecule has 0 amide bonds. The third-order valence-corrected chi connectivity index (χ3v) is 6.19. The number of benzene rings is 4. The molecule has 0 saturated carbocycles. The molecule has 0 unspecified atom stereocenters. The highest BCUT2D eigenvalue weighted by molar-refractivity contribution is 5.92. The molecule has 5 rings (SSSR count). The number of hydrogen-bond donors (Lipinski definition) is 0. The number of alkyl halides is 3. The standard InChI is InChI=1S/C31H18F3N4O/c32-31(33,34)30(39)38-28(19-35)17-24(18-29(38)20-36)22-11-12-23-16-27(14-13-21(23)15-22)37(25-7-3-1-4-8-25)26-9-5-2-6-10-26/h1-18H/q+1. The van der Waals surface area contributed by atoms with Gasteiger partial charge in [-0.05, 0) is 64.4 Å². The zero-order valence-corrected chi connectivity index (χ0v) is 20.2. The quantitative estimate of drug-likeness (QED) is 0.235. The van der Waals surface area contributed by atoms with Crippen molar-refractivity contribution in [2.75, 3.05) is 4.90 Å². The molecule has 0 fully saturated rings. The van der Waals surface area contributed by atoms with Crippen molar-refractivity contribution >= 4 is 33.7 Å². The number of nitrogens with zero attached hydrogens (tertiary/aromatic N) is 4. The molecule has 5 nitrogen and oxygen atoms in total. The van der Waals surface area contributed by atoms with E-state index in [4.69, 9.17) is 0 Å². The molecule has 0 atom stereocenters. The van der Waals surface area contributed by atoms with Gasteiger partial charge in [0.25, 0.3) is 11.4 Å². The summed E-state index contributed by atoms with van der Waals surface area (Å²) in [6, 6.07) is 36.8. The average molecular weight is 520 g/mol. The van der Waals surface area contributed by atoms with Gasteiger partial charge in [-0.1, -0.05) is 59.2 Å². The molecule has 39 heavy (non-hydrogen) atoms. The molecule has 0 N–H and O–H groups in total. The van der Waals surface area contributed by atoms with Crippen LogP contribution in [-0.4, -0.2) is 12.1 Å². The van der Waals surface area contributed by atoms with Gasteiger partial charge in [0.05, 0.1) is 0 Å². The number of anilines is 3. The molecule has 5 aromatic rings. The Morgan fingerprint density at radius 2 is 1.15 bits per heavy atom. The van der Waals surface area contributed by atoms with E-state index in [1.165, 1.54) is 12.1 Å². The highest BCUT2D eigenvalue weighted by atomic mass is 19.4. The van der Waals surface area contributed by atoms with Gasteiger partial charge >= 0.3 is 12.1 Å². The van der Waals surface area contributed by atoms with Gasteiger partial charge in [0.1, 0.15) is 0 Å². The van der Waals surface area contributed by atoms with Gasteiger partial charge in [-0.2, -0.15) is 23.7 Å². The van der Waals surface area contributed by atoms with Crippen LogP contribution in [0.2, 0.25) is 0 Å². The zero-order chi connectivity index (χ0) is 27.6. The molecule has 0 radical (unpaired) electrons. The Hall–Kier alpha value is -5.47. The summed E-state index contributed by atoms with van der Waals surface area (Å²) >= 11 is 0. The molecule has 188 valence electrons. The smallest absolute Gasteiger partial charge is 0.310 e. The second-order valence-corrected chi connectivity index (χ2v) is 8.63. The van der Waals surface area contributed by atoms with Crippen molar-refractivity contribution in [3.63, 3.8) is 0 Å². The Kier molecular flexibility index (Phi) is 6.54. The maximum Gasteiger partial charge on any atom is 0.521 e. The number of para-hydroxylation sites is 2. The lowest BCUT2D eigenvalue weighted by Crippen LogP contribution is -2.55. The number of carbonyl (C=O) groups excluding carboxylic acids is 1. The molecule has 0 aliphatic carbocycles. The average Bonchev–Trinajstić information content (AvgIpc) is 2.96. The molecule has 0 bridgehead atoms. The van der Waals surface area contributed by atoms with Crippen LogP contribution in [0.3, 0.4) is 0 Å². The largest absolute Gasteiger partial charge is 0.521 e. The lowest BCUT2D eigenvalue weighted by atomic mass is 9.99. The maximum atomic E-state index is 13.1. The van der Waals surface area contributed by atoms with Crippen molar-refractivity contribution < 1.29 is 22.5 Å². The summed E-state index contributed by atoms with van der Waals surface area (Å²) < 4.78 is 39.3. The molecule has 1 aromatic heterocycles. The van der Waals surface area contributed by atoms with Gasteiger partial charge in [-0.15, -0.1) is 0 Å². The molecular formula is C31H18F3N4O+. The number of pyridine rings is 1. The van der Waals surface area contributed by atoms with E-state index in [0.29, 0.717) is 11.1 Å². The second-order valence-electron chi connectivity index (χ2n) is 8.63. The highest BCUT2D eigenvalue weighted by Crippen LogP contribution is 2.36. The van der Waals surface area contributed by atoms with Crippen LogP contribution in [0, 0.1) is 22.7 Å². The summed E-state index contributed by atoms with van der Waals surface area (Å²) in [5.74, 6) is -2.30. The topological polar surface area (TPSA) is 71.8 Å². The van der Waals surface area contributed by atoms with Crippen molar-refractivity contribution in [2.45, 2.75) is 6.18 Å². The first kappa shape index (κ1) is 25.2. The molecule has 0 spiro atoms. The Bertz CT molecular complexity index is 1710. The van der Waals surface area contributed by atoms with Crippen molar-refractivity contribution in [2.24, 2.45) is 0 Å². The number of halogens is 3. The third-order valence-electron chi connectivity index (χ3n) is 6.19. The monoisotopic (exact) mass is 519 g/mol. The molecular weight excluding hydrogens is 501 g/mol. The highest BCUT2D eigenvalue weighted by Gasteiger charge is 2.50. The number of nitriles is 2. The predicted octanol–water partition coefficient (Wildman–Crippen LogP) is 7.21. The van der Waals surface area contributed by atoms with Crippen LogP contribution in [0.4, 0.5) is 30.2 Å². The number of fused-ring (bicyclic) bond motifs is 1. The van der Waals surface area contributed by atoms with Crippen molar-refractivity contribution in [1.82, 2.24) is 0 Å². The number of carbonyl (C=O) groups is 1. The van der Waals surface area contributed by atoms with E-state index in [1.54, 1.807) is 18.2 Å². The molecule has 1 heterocycles. The summed E-state index contributed by atoms with van der Waals surface area (Å²) in [4.78, 5) is 14.0. The summed E-state index contributed by atoms with van der Waals surface area (Å²) in [7, 11) is 0. The first-order valence-corrected chi connectivity index (χ1v) is 11.8. The Balaban J connectivity index is 1.59. The van der Waals surface area contributed by atoms with Gasteiger partial charge in [0.2, 0.25) is 0 Å². The minimum atomic E-state index is -5.24. The van der Waals surface area contributed by atoms with Crippen LogP contribution in [-0.2, 0) is 0 Å². The van der Waals surface area contributed by atoms with E-state index >= 15 is 0 Å². The Morgan fingerprint density at radius 1 is 0.641 bits per heavy atom. The first-order valence-electron chi connectivity index (χ1n) is 11.8. The number of aromatic nitrogens is 1. The fourth-order valence-electron chi connectivity index (χ4n) is 4.43. The van der Waals surface area contributed by atoms with Crippen LogP contribution < -0.4 is 9.47 Å². The fourth-order valence-corrected chi connectivity index (χ4v) is 4.43. The van der Waals surface area contributed by atoms with E-state index in [1.807, 2.05) is 91.0 Å². The number of rotatable bonds is 4. The van der Waals surface area contributed by atoms with Crippen LogP contribution in [0.5, 0.6) is 0 Å². The minimum Gasteiger partial charge on any atom is -0.310 e. The third kappa shape index (κ3) is 4.92. The molecule has 8 heteroatoms. The van der Waals surface area contributed by atoms with E-state index in [0.717, 1.165) is 27.8 Å².